The number of ether oxygens (including phenoxy) is 2. The lowest BCUT2D eigenvalue weighted by Gasteiger charge is -2.09. The normalized spacial score (nSPS) is 10.7. The van der Waals surface area contributed by atoms with Crippen molar-refractivity contribution in [3.05, 3.63) is 59.5 Å². The van der Waals surface area contributed by atoms with Crippen LogP contribution in [0.4, 0.5) is 10.5 Å². The molecule has 0 saturated heterocycles. The van der Waals surface area contributed by atoms with Gasteiger partial charge in [-0.3, -0.25) is 4.79 Å². The molecule has 31 heavy (non-hydrogen) atoms. The van der Waals surface area contributed by atoms with Crippen molar-refractivity contribution >= 4 is 51.1 Å². The second kappa shape index (κ2) is 8.62. The van der Waals surface area contributed by atoms with Gasteiger partial charge in [0.15, 0.2) is 5.16 Å². The van der Waals surface area contributed by atoms with Crippen LogP contribution in [0.3, 0.4) is 0 Å². The number of rotatable bonds is 5. The van der Waals surface area contributed by atoms with Crippen LogP contribution in [-0.2, 0) is 0 Å². The molecule has 0 aliphatic heterocycles. The summed E-state index contributed by atoms with van der Waals surface area (Å²) in [6.07, 6.45) is 0.975. The molecule has 4 N–H and O–H groups in total. The van der Waals surface area contributed by atoms with E-state index in [-0.39, 0.29) is 16.3 Å². The number of aromatic nitrogens is 2. The Balaban J connectivity index is 1.71. The van der Waals surface area contributed by atoms with Gasteiger partial charge in [0.1, 0.15) is 21.2 Å². The summed E-state index contributed by atoms with van der Waals surface area (Å²) in [5.74, 6) is 0.00789. The fourth-order valence-electron chi connectivity index (χ4n) is 2.89. The third kappa shape index (κ3) is 4.30. The fourth-order valence-corrected chi connectivity index (χ4v) is 4.26. The van der Waals surface area contributed by atoms with E-state index in [1.165, 1.54) is 11.8 Å². The van der Waals surface area contributed by atoms with Crippen LogP contribution in [0.15, 0.2) is 59.8 Å². The third-order valence-electron chi connectivity index (χ3n) is 4.23. The molecule has 0 aliphatic rings. The third-order valence-corrected chi connectivity index (χ3v) is 5.89. The average Bonchev–Trinajstić information content (AvgIpc) is 3.10. The van der Waals surface area contributed by atoms with Crippen molar-refractivity contribution in [3.63, 3.8) is 0 Å². The van der Waals surface area contributed by atoms with E-state index < -0.39 is 12.1 Å². The first-order valence-electron chi connectivity index (χ1n) is 8.95. The lowest BCUT2D eigenvalue weighted by Crippen LogP contribution is -2.13. The zero-order valence-electron chi connectivity index (χ0n) is 16.2. The lowest BCUT2D eigenvalue weighted by molar-refractivity contribution is 0.100. The Morgan fingerprint density at radius 3 is 2.42 bits per heavy atom. The number of primary amides is 1. The lowest BCUT2D eigenvalue weighted by atomic mass is 10.1. The summed E-state index contributed by atoms with van der Waals surface area (Å²) in [6, 6.07) is 15.4. The summed E-state index contributed by atoms with van der Waals surface area (Å²) in [5.41, 5.74) is 13.0. The van der Waals surface area contributed by atoms with Gasteiger partial charge in [0, 0.05) is 5.56 Å². The molecule has 0 aliphatic carbocycles. The van der Waals surface area contributed by atoms with Crippen LogP contribution < -0.4 is 20.9 Å². The van der Waals surface area contributed by atoms with Gasteiger partial charge in [-0.2, -0.15) is 0 Å². The molecule has 0 fully saturated rings. The van der Waals surface area contributed by atoms with Crippen LogP contribution in [0.25, 0.3) is 21.5 Å². The summed E-state index contributed by atoms with van der Waals surface area (Å²) < 4.78 is 10.5. The average molecular weight is 453 g/mol. The molecule has 156 valence electrons. The second-order valence-electron chi connectivity index (χ2n) is 6.24. The number of para-hydroxylation sites is 1. The van der Waals surface area contributed by atoms with Crippen molar-refractivity contribution in [1.29, 1.82) is 0 Å². The van der Waals surface area contributed by atoms with Gasteiger partial charge in [0.25, 0.3) is 5.91 Å². The first-order valence-corrected chi connectivity index (χ1v) is 11.0. The van der Waals surface area contributed by atoms with Crippen LogP contribution >= 0.6 is 23.1 Å². The number of benzene rings is 2. The van der Waals surface area contributed by atoms with E-state index in [4.69, 9.17) is 20.9 Å². The number of nitrogens with zero attached hydrogens (tertiary/aromatic N) is 2. The summed E-state index contributed by atoms with van der Waals surface area (Å²) in [6.45, 7) is 0. The van der Waals surface area contributed by atoms with Gasteiger partial charge in [0.2, 0.25) is 0 Å². The molecule has 8 nitrogen and oxygen atoms in total. The Morgan fingerprint density at radius 1 is 1.00 bits per heavy atom. The van der Waals surface area contributed by atoms with Crippen LogP contribution in [0.1, 0.15) is 9.67 Å². The molecule has 4 rings (SSSR count). The van der Waals surface area contributed by atoms with E-state index in [2.05, 4.69) is 9.97 Å². The Labute approximate surface area is 185 Å². The smallest absolute Gasteiger partial charge is 0.397 e. The number of thiophene rings is 1. The molecule has 0 unspecified atom stereocenters. The number of carbonyl (C=O) groups is 2. The Hall–Kier alpha value is -3.63. The van der Waals surface area contributed by atoms with Gasteiger partial charge in [-0.25, -0.2) is 14.8 Å². The van der Waals surface area contributed by atoms with E-state index in [9.17, 15) is 9.59 Å². The maximum absolute atomic E-state index is 12.1. The van der Waals surface area contributed by atoms with Crippen molar-refractivity contribution in [2.75, 3.05) is 12.0 Å². The number of nitrogen functional groups attached to an aromatic ring is 1. The highest BCUT2D eigenvalue weighted by Gasteiger charge is 2.21. The molecule has 1 amide bonds. The Kier molecular flexibility index (Phi) is 5.74. The number of hydrogen-bond acceptors (Lipinski definition) is 9. The number of fused-ring (bicyclic) bond motifs is 1. The minimum absolute atomic E-state index is 0.225. The Bertz CT molecular complexity index is 1290. The van der Waals surface area contributed by atoms with Gasteiger partial charge in [-0.15, -0.1) is 11.3 Å². The first kappa shape index (κ1) is 20.6. The van der Waals surface area contributed by atoms with Crippen LogP contribution in [0.5, 0.6) is 11.5 Å². The molecule has 4 aromatic rings. The maximum atomic E-state index is 12.1. The fraction of sp³-hybridized carbons (Fsp3) is 0.0476. The zero-order chi connectivity index (χ0) is 22.0. The van der Waals surface area contributed by atoms with Gasteiger partial charge in [0.05, 0.1) is 16.8 Å². The number of anilines is 1. The molecule has 2 aromatic heterocycles. The van der Waals surface area contributed by atoms with Crippen molar-refractivity contribution in [2.45, 2.75) is 5.16 Å². The summed E-state index contributed by atoms with van der Waals surface area (Å²) >= 11 is 2.47. The van der Waals surface area contributed by atoms with E-state index in [1.807, 2.05) is 12.3 Å². The number of thioether (sulfide) groups is 1. The molecule has 0 spiro atoms. The largest absolute Gasteiger partial charge is 0.519 e. The highest BCUT2D eigenvalue weighted by molar-refractivity contribution is 7.98. The van der Waals surface area contributed by atoms with Crippen molar-refractivity contribution < 1.29 is 19.1 Å². The van der Waals surface area contributed by atoms with Gasteiger partial charge in [-0.05, 0) is 30.5 Å². The molecule has 2 heterocycles. The van der Waals surface area contributed by atoms with Crippen LogP contribution in [0, 0.1) is 0 Å². The monoisotopic (exact) mass is 452 g/mol. The van der Waals surface area contributed by atoms with Crippen molar-refractivity contribution in [2.24, 2.45) is 5.73 Å². The highest BCUT2D eigenvalue weighted by Crippen LogP contribution is 2.39. The van der Waals surface area contributed by atoms with E-state index in [0.717, 1.165) is 11.3 Å². The summed E-state index contributed by atoms with van der Waals surface area (Å²) in [4.78, 5) is 33.7. The highest BCUT2D eigenvalue weighted by atomic mass is 32.2. The number of amides is 1. The molecule has 10 heteroatoms. The number of nitrogens with two attached hydrogens (primary N) is 2. The summed E-state index contributed by atoms with van der Waals surface area (Å²) in [7, 11) is 0. The van der Waals surface area contributed by atoms with E-state index >= 15 is 0 Å². The first-order chi connectivity index (χ1) is 15.0. The molecule has 0 atom stereocenters. The Morgan fingerprint density at radius 2 is 1.71 bits per heavy atom. The molecular weight excluding hydrogens is 436 g/mol. The van der Waals surface area contributed by atoms with Crippen LogP contribution in [-0.4, -0.2) is 28.3 Å². The predicted molar refractivity (Wildman–Crippen MR) is 121 cm³/mol. The molecule has 2 aromatic carbocycles. The van der Waals surface area contributed by atoms with Gasteiger partial charge >= 0.3 is 6.16 Å². The standard InChI is InChI=1S/C21H16N4O4S2/c1-30-20-24-16(14-15(22)17(18(23)26)31-19(14)25-20)11-6-5-9-13(10-11)29-21(27)28-12-7-3-2-4-8-12/h2-10H,22H2,1H3,(H2,23,26). The van der Waals surface area contributed by atoms with Gasteiger partial charge in [-0.1, -0.05) is 42.1 Å². The van der Waals surface area contributed by atoms with Gasteiger partial charge < -0.3 is 20.9 Å². The van der Waals surface area contributed by atoms with Crippen molar-refractivity contribution in [1.82, 2.24) is 9.97 Å². The summed E-state index contributed by atoms with van der Waals surface area (Å²) in [5, 5.41) is 1.04. The minimum Gasteiger partial charge on any atom is -0.397 e. The minimum atomic E-state index is -0.868. The quantitative estimate of drug-likeness (QED) is 0.198. The van der Waals surface area contributed by atoms with Crippen molar-refractivity contribution in [3.8, 4) is 22.8 Å². The topological polar surface area (TPSA) is 130 Å². The SMILES string of the molecule is CSc1nc(-c2cccc(OC(=O)Oc3ccccc3)c2)c2c(N)c(C(N)=O)sc2n1. The molecular formula is C21H16N4O4S2. The predicted octanol–water partition coefficient (Wildman–Crippen LogP) is 4.34. The zero-order valence-corrected chi connectivity index (χ0v) is 17.8. The number of hydrogen-bond donors (Lipinski definition) is 2. The van der Waals surface area contributed by atoms with Crippen LogP contribution in [0.2, 0.25) is 0 Å². The maximum Gasteiger partial charge on any atom is 0.519 e. The number of carbonyl (C=O) groups excluding carboxylic acids is 2. The van der Waals surface area contributed by atoms with E-state index in [0.29, 0.717) is 32.4 Å². The molecule has 0 bridgehead atoms. The second-order valence-corrected chi connectivity index (χ2v) is 8.02. The van der Waals surface area contributed by atoms with E-state index in [1.54, 1.807) is 48.5 Å². The molecule has 0 saturated carbocycles. The molecule has 0 radical (unpaired) electrons.